The van der Waals surface area contributed by atoms with Crippen molar-refractivity contribution in [1.29, 1.82) is 0 Å². The van der Waals surface area contributed by atoms with Crippen molar-refractivity contribution in [2.24, 2.45) is 5.41 Å². The molecule has 0 aromatic heterocycles. The fraction of sp³-hybridized carbons (Fsp3) is 0.360. The van der Waals surface area contributed by atoms with Crippen molar-refractivity contribution in [1.82, 2.24) is 15.5 Å². The van der Waals surface area contributed by atoms with Crippen LogP contribution in [0.15, 0.2) is 60.7 Å². The normalized spacial score (nSPS) is 23.5. The zero-order valence-electron chi connectivity index (χ0n) is 19.0. The van der Waals surface area contributed by atoms with Crippen LogP contribution in [0.1, 0.15) is 30.6 Å². The standard InChI is InChI=1S/C25H27N3O5S/c1-3-18(29)27-19-21(30)28-14-25(23(31)26-2,15-34-22(19)28)24(32)33-20(16-10-6-4-7-11-16)17-12-8-5-9-13-17/h4-13,19-20,22H,3,14-15H2,1-2H3,(H,26,31)(H,27,29)/t19?,22-,25?/m1/s1. The summed E-state index contributed by atoms with van der Waals surface area (Å²) in [6.45, 7) is 1.61. The lowest BCUT2D eigenvalue weighted by Crippen LogP contribution is -2.75. The third kappa shape index (κ3) is 4.27. The number of carbonyl (C=O) groups is 4. The Morgan fingerprint density at radius 2 is 1.68 bits per heavy atom. The van der Waals surface area contributed by atoms with Crippen molar-refractivity contribution in [3.63, 3.8) is 0 Å². The third-order valence-corrected chi connectivity index (χ3v) is 7.73. The molecule has 34 heavy (non-hydrogen) atoms. The molecule has 0 saturated carbocycles. The molecule has 3 atom stereocenters. The highest BCUT2D eigenvalue weighted by Gasteiger charge is 2.61. The molecule has 2 aromatic rings. The van der Waals surface area contributed by atoms with Gasteiger partial charge in [-0.2, -0.15) is 0 Å². The maximum Gasteiger partial charge on any atom is 0.325 e. The van der Waals surface area contributed by atoms with E-state index in [1.165, 1.54) is 23.7 Å². The molecule has 8 nitrogen and oxygen atoms in total. The van der Waals surface area contributed by atoms with Crippen LogP contribution in [0.2, 0.25) is 0 Å². The van der Waals surface area contributed by atoms with Gasteiger partial charge in [0.25, 0.3) is 0 Å². The van der Waals surface area contributed by atoms with Gasteiger partial charge in [-0.15, -0.1) is 11.8 Å². The molecule has 0 radical (unpaired) electrons. The summed E-state index contributed by atoms with van der Waals surface area (Å²) in [5.41, 5.74) is -0.0109. The summed E-state index contributed by atoms with van der Waals surface area (Å²) in [4.78, 5) is 52.7. The van der Waals surface area contributed by atoms with Crippen LogP contribution in [0, 0.1) is 5.41 Å². The van der Waals surface area contributed by atoms with E-state index in [4.69, 9.17) is 4.74 Å². The lowest BCUT2D eigenvalue weighted by molar-refractivity contribution is -0.169. The quantitative estimate of drug-likeness (QED) is 0.355. The highest BCUT2D eigenvalue weighted by atomic mass is 32.2. The lowest BCUT2D eigenvalue weighted by Gasteiger charge is -2.53. The van der Waals surface area contributed by atoms with E-state index in [1.54, 1.807) is 6.92 Å². The number of rotatable bonds is 7. The number of hydrogen-bond donors (Lipinski definition) is 2. The second kappa shape index (κ2) is 9.89. The molecule has 2 unspecified atom stereocenters. The van der Waals surface area contributed by atoms with Gasteiger partial charge >= 0.3 is 5.97 Å². The Morgan fingerprint density at radius 3 is 2.21 bits per heavy atom. The molecule has 0 spiro atoms. The van der Waals surface area contributed by atoms with E-state index in [9.17, 15) is 19.2 Å². The Labute approximate surface area is 202 Å². The Bertz CT molecular complexity index is 1040. The van der Waals surface area contributed by atoms with Crippen LogP contribution in [0.25, 0.3) is 0 Å². The molecule has 2 heterocycles. The summed E-state index contributed by atoms with van der Waals surface area (Å²) in [5, 5.41) is 4.99. The number of ether oxygens (including phenoxy) is 1. The van der Waals surface area contributed by atoms with Gasteiger partial charge in [-0.3, -0.25) is 19.2 Å². The van der Waals surface area contributed by atoms with Gasteiger partial charge in [0.05, 0.1) is 0 Å². The first-order chi connectivity index (χ1) is 16.4. The van der Waals surface area contributed by atoms with Crippen molar-refractivity contribution in [2.75, 3.05) is 19.3 Å². The molecule has 178 valence electrons. The first-order valence-electron chi connectivity index (χ1n) is 11.2. The average molecular weight is 482 g/mol. The number of carbonyl (C=O) groups excluding carboxylic acids is 4. The number of nitrogens with one attached hydrogen (secondary N) is 2. The van der Waals surface area contributed by atoms with Crippen molar-refractivity contribution in [3.8, 4) is 0 Å². The topological polar surface area (TPSA) is 105 Å². The molecule has 2 N–H and O–H groups in total. The summed E-state index contributed by atoms with van der Waals surface area (Å²) in [7, 11) is 1.46. The van der Waals surface area contributed by atoms with E-state index in [2.05, 4.69) is 10.6 Å². The molecule has 3 amide bonds. The fourth-order valence-electron chi connectivity index (χ4n) is 4.25. The largest absolute Gasteiger partial charge is 0.452 e. The van der Waals surface area contributed by atoms with Gasteiger partial charge in [0.1, 0.15) is 11.4 Å². The van der Waals surface area contributed by atoms with Gasteiger partial charge in [0.15, 0.2) is 11.5 Å². The molecule has 0 bridgehead atoms. The molecule has 2 saturated heterocycles. The number of fused-ring (bicyclic) bond motifs is 1. The molecule has 2 aromatic carbocycles. The molecule has 2 fully saturated rings. The fourth-order valence-corrected chi connectivity index (χ4v) is 5.78. The van der Waals surface area contributed by atoms with E-state index in [-0.39, 0.29) is 35.9 Å². The molecule has 9 heteroatoms. The van der Waals surface area contributed by atoms with Crippen molar-refractivity contribution in [2.45, 2.75) is 30.9 Å². The van der Waals surface area contributed by atoms with E-state index < -0.39 is 29.4 Å². The number of thioether (sulfide) groups is 1. The highest BCUT2D eigenvalue weighted by molar-refractivity contribution is 8.00. The zero-order chi connectivity index (χ0) is 24.3. The predicted molar refractivity (Wildman–Crippen MR) is 127 cm³/mol. The van der Waals surface area contributed by atoms with E-state index in [1.807, 2.05) is 60.7 Å². The second-order valence-electron chi connectivity index (χ2n) is 8.33. The van der Waals surface area contributed by atoms with Crippen LogP contribution in [0.4, 0.5) is 0 Å². The van der Waals surface area contributed by atoms with Crippen LogP contribution < -0.4 is 10.6 Å². The SMILES string of the molecule is CCC(=O)NC1C(=O)N2CC(C(=O)NC)(C(=O)OC(c3ccccc3)c3ccccc3)CS[C@H]12. The number of β-lactam (4-membered cyclic amide) rings is 1. The molecular weight excluding hydrogens is 454 g/mol. The maximum atomic E-state index is 13.7. The van der Waals surface area contributed by atoms with Crippen LogP contribution in [0.3, 0.4) is 0 Å². The minimum Gasteiger partial charge on any atom is -0.452 e. The minimum absolute atomic E-state index is 0.100. The summed E-state index contributed by atoms with van der Waals surface area (Å²) in [5.74, 6) is -1.58. The summed E-state index contributed by atoms with van der Waals surface area (Å²) >= 11 is 1.30. The van der Waals surface area contributed by atoms with E-state index in [0.717, 1.165) is 11.1 Å². The number of esters is 1. The Morgan fingerprint density at radius 1 is 1.09 bits per heavy atom. The summed E-state index contributed by atoms with van der Waals surface area (Å²) < 4.78 is 6.02. The van der Waals surface area contributed by atoms with Crippen LogP contribution in [0.5, 0.6) is 0 Å². The second-order valence-corrected chi connectivity index (χ2v) is 9.44. The number of hydrogen-bond acceptors (Lipinski definition) is 6. The molecular formula is C25H27N3O5S. The first-order valence-corrected chi connectivity index (χ1v) is 12.2. The summed E-state index contributed by atoms with van der Waals surface area (Å²) in [6.07, 6.45) is -0.432. The van der Waals surface area contributed by atoms with Crippen molar-refractivity contribution >= 4 is 35.5 Å². The maximum absolute atomic E-state index is 13.7. The number of nitrogens with zero attached hydrogens (tertiary/aromatic N) is 1. The minimum atomic E-state index is -1.56. The van der Waals surface area contributed by atoms with E-state index >= 15 is 0 Å². The van der Waals surface area contributed by atoms with Gasteiger partial charge in [-0.05, 0) is 11.1 Å². The predicted octanol–water partition coefficient (Wildman–Crippen LogP) is 1.86. The lowest BCUT2D eigenvalue weighted by atomic mass is 9.85. The van der Waals surface area contributed by atoms with Crippen LogP contribution in [-0.4, -0.2) is 59.4 Å². The number of amides is 3. The Kier molecular flexibility index (Phi) is 6.92. The molecule has 2 aliphatic heterocycles. The zero-order valence-corrected chi connectivity index (χ0v) is 19.8. The van der Waals surface area contributed by atoms with Crippen LogP contribution >= 0.6 is 11.8 Å². The molecule has 2 aliphatic rings. The molecule has 4 rings (SSSR count). The Hall–Kier alpha value is -3.33. The van der Waals surface area contributed by atoms with Gasteiger partial charge in [-0.1, -0.05) is 67.6 Å². The van der Waals surface area contributed by atoms with Crippen LogP contribution in [-0.2, 0) is 23.9 Å². The third-order valence-electron chi connectivity index (χ3n) is 6.20. The van der Waals surface area contributed by atoms with Crippen molar-refractivity contribution in [3.05, 3.63) is 71.8 Å². The van der Waals surface area contributed by atoms with Gasteiger partial charge in [-0.25, -0.2) is 0 Å². The van der Waals surface area contributed by atoms with Gasteiger partial charge < -0.3 is 20.3 Å². The summed E-state index contributed by atoms with van der Waals surface area (Å²) in [6, 6.07) is 18.0. The van der Waals surface area contributed by atoms with Gasteiger partial charge in [0, 0.05) is 25.8 Å². The first kappa shape index (κ1) is 23.8. The van der Waals surface area contributed by atoms with Gasteiger partial charge in [0.2, 0.25) is 17.7 Å². The molecule has 0 aliphatic carbocycles. The number of benzene rings is 2. The monoisotopic (exact) mass is 481 g/mol. The van der Waals surface area contributed by atoms with Crippen molar-refractivity contribution < 1.29 is 23.9 Å². The average Bonchev–Trinajstić information content (AvgIpc) is 2.89. The van der Waals surface area contributed by atoms with E-state index in [0.29, 0.717) is 0 Å². The Balaban J connectivity index is 1.60. The smallest absolute Gasteiger partial charge is 0.325 e. The highest BCUT2D eigenvalue weighted by Crippen LogP contribution is 2.44.